The van der Waals surface area contributed by atoms with Crippen LogP contribution in [0, 0.1) is 5.92 Å². The predicted octanol–water partition coefficient (Wildman–Crippen LogP) is 3.03. The lowest BCUT2D eigenvalue weighted by molar-refractivity contribution is -0.121. The van der Waals surface area contributed by atoms with E-state index in [2.05, 4.69) is 26.2 Å². The Kier molecular flexibility index (Phi) is 3.69. The van der Waals surface area contributed by atoms with Gasteiger partial charge >= 0.3 is 0 Å². The Morgan fingerprint density at radius 2 is 2.20 bits per heavy atom. The maximum Gasteiger partial charge on any atom is 0.232 e. The molecule has 5 heteroatoms. The van der Waals surface area contributed by atoms with Crippen molar-refractivity contribution in [3.63, 3.8) is 0 Å². The van der Waals surface area contributed by atoms with Gasteiger partial charge in [0.25, 0.3) is 0 Å². The molecule has 2 heterocycles. The van der Waals surface area contributed by atoms with Crippen LogP contribution in [-0.4, -0.2) is 17.5 Å². The minimum absolute atomic E-state index is 0.0647. The van der Waals surface area contributed by atoms with Crippen molar-refractivity contribution in [1.82, 2.24) is 4.98 Å². The highest BCUT2D eigenvalue weighted by Gasteiger charge is 2.25. The van der Waals surface area contributed by atoms with E-state index in [0.29, 0.717) is 18.8 Å². The molecule has 0 aliphatic carbocycles. The van der Waals surface area contributed by atoms with Crippen molar-refractivity contribution in [3.05, 3.63) is 52.6 Å². The first-order valence-corrected chi connectivity index (χ1v) is 7.15. The summed E-state index contributed by atoms with van der Waals surface area (Å²) in [6.07, 6.45) is 2.34. The van der Waals surface area contributed by atoms with E-state index >= 15 is 0 Å². The van der Waals surface area contributed by atoms with Gasteiger partial charge in [-0.2, -0.15) is 0 Å². The van der Waals surface area contributed by atoms with Gasteiger partial charge in [-0.15, -0.1) is 0 Å². The highest BCUT2D eigenvalue weighted by molar-refractivity contribution is 9.10. The van der Waals surface area contributed by atoms with Gasteiger partial charge in [0.05, 0.1) is 5.92 Å². The van der Waals surface area contributed by atoms with Crippen molar-refractivity contribution < 1.29 is 9.53 Å². The molecule has 0 saturated carbocycles. The fourth-order valence-electron chi connectivity index (χ4n) is 2.20. The zero-order valence-electron chi connectivity index (χ0n) is 10.7. The number of nitrogens with zero attached hydrogens (tertiary/aromatic N) is 1. The van der Waals surface area contributed by atoms with Crippen LogP contribution in [0.25, 0.3) is 0 Å². The molecule has 1 aliphatic heterocycles. The molecule has 0 bridgehead atoms. The average Bonchev–Trinajstić information content (AvgIpc) is 2.47. The number of pyridine rings is 1. The first-order valence-electron chi connectivity index (χ1n) is 6.35. The molecule has 4 nitrogen and oxygen atoms in total. The van der Waals surface area contributed by atoms with Gasteiger partial charge in [0.1, 0.15) is 18.2 Å². The molecule has 1 atom stereocenters. The van der Waals surface area contributed by atoms with Gasteiger partial charge in [0, 0.05) is 10.7 Å². The zero-order valence-corrected chi connectivity index (χ0v) is 12.3. The number of carbonyl (C=O) groups is 1. The number of hydrogen-bond acceptors (Lipinski definition) is 3. The van der Waals surface area contributed by atoms with Crippen LogP contribution in [0.1, 0.15) is 5.56 Å². The lowest BCUT2D eigenvalue weighted by Gasteiger charge is -2.24. The molecule has 1 aromatic heterocycles. The molecule has 1 unspecified atom stereocenters. The minimum Gasteiger partial charge on any atom is -0.492 e. The van der Waals surface area contributed by atoms with Gasteiger partial charge in [0.15, 0.2) is 0 Å². The van der Waals surface area contributed by atoms with E-state index in [1.165, 1.54) is 0 Å². The highest BCUT2D eigenvalue weighted by Crippen LogP contribution is 2.27. The summed E-state index contributed by atoms with van der Waals surface area (Å²) in [7, 11) is 0. The number of para-hydroxylation sites is 1. The monoisotopic (exact) mass is 332 g/mol. The number of fused-ring (bicyclic) bond motifs is 1. The number of anilines is 1. The molecule has 1 aromatic carbocycles. The number of ether oxygens (including phenoxy) is 1. The van der Waals surface area contributed by atoms with Crippen LogP contribution >= 0.6 is 15.9 Å². The molecule has 0 saturated heterocycles. The summed E-state index contributed by atoms with van der Waals surface area (Å²) in [6.45, 7) is 0.400. The SMILES string of the molecule is O=C(Nc1cc(Br)ccn1)C1COc2ccccc2C1. The van der Waals surface area contributed by atoms with Crippen LogP contribution in [0.3, 0.4) is 0 Å². The lowest BCUT2D eigenvalue weighted by Crippen LogP contribution is -2.32. The molecular formula is C15H13BrN2O2. The van der Waals surface area contributed by atoms with Crippen LogP contribution in [0.2, 0.25) is 0 Å². The highest BCUT2D eigenvalue weighted by atomic mass is 79.9. The minimum atomic E-state index is -0.189. The van der Waals surface area contributed by atoms with Crippen LogP contribution in [-0.2, 0) is 11.2 Å². The Hall–Kier alpha value is -1.88. The van der Waals surface area contributed by atoms with E-state index in [1.807, 2.05) is 30.3 Å². The zero-order chi connectivity index (χ0) is 13.9. The summed E-state index contributed by atoms with van der Waals surface area (Å²) >= 11 is 3.35. The Labute approximate surface area is 125 Å². The summed E-state index contributed by atoms with van der Waals surface area (Å²) in [4.78, 5) is 16.4. The van der Waals surface area contributed by atoms with Gasteiger partial charge < -0.3 is 10.1 Å². The standard InChI is InChI=1S/C15H13BrN2O2/c16-12-5-6-17-14(8-12)18-15(19)11-7-10-3-1-2-4-13(10)20-9-11/h1-6,8,11H,7,9H2,(H,17,18,19). The van der Waals surface area contributed by atoms with E-state index < -0.39 is 0 Å². The third kappa shape index (κ3) is 2.82. The van der Waals surface area contributed by atoms with Crippen molar-refractivity contribution in [1.29, 1.82) is 0 Å². The quantitative estimate of drug-likeness (QED) is 0.919. The summed E-state index contributed by atoms with van der Waals surface area (Å²) < 4.78 is 6.51. The fourth-order valence-corrected chi connectivity index (χ4v) is 2.53. The van der Waals surface area contributed by atoms with Gasteiger partial charge in [-0.1, -0.05) is 34.1 Å². The van der Waals surface area contributed by atoms with Gasteiger partial charge in [-0.25, -0.2) is 4.98 Å². The van der Waals surface area contributed by atoms with Crippen molar-refractivity contribution in [2.24, 2.45) is 5.92 Å². The normalized spacial score (nSPS) is 16.9. The molecule has 0 radical (unpaired) electrons. The van der Waals surface area contributed by atoms with E-state index in [9.17, 15) is 4.79 Å². The first kappa shape index (κ1) is 13.1. The van der Waals surface area contributed by atoms with Crippen molar-refractivity contribution in [2.75, 3.05) is 11.9 Å². The van der Waals surface area contributed by atoms with Crippen LogP contribution < -0.4 is 10.1 Å². The number of halogens is 1. The summed E-state index contributed by atoms with van der Waals surface area (Å²) in [6, 6.07) is 11.4. The second-order valence-electron chi connectivity index (χ2n) is 4.67. The number of aromatic nitrogens is 1. The molecule has 2 aromatic rings. The topological polar surface area (TPSA) is 51.2 Å². The Balaban J connectivity index is 1.70. The predicted molar refractivity (Wildman–Crippen MR) is 79.7 cm³/mol. The number of rotatable bonds is 2. The molecule has 0 fully saturated rings. The summed E-state index contributed by atoms with van der Waals surface area (Å²) in [5, 5.41) is 2.82. The maximum atomic E-state index is 12.2. The molecular weight excluding hydrogens is 320 g/mol. The van der Waals surface area contributed by atoms with Crippen LogP contribution in [0.4, 0.5) is 5.82 Å². The smallest absolute Gasteiger partial charge is 0.232 e. The van der Waals surface area contributed by atoms with E-state index in [-0.39, 0.29) is 11.8 Å². The number of carbonyl (C=O) groups excluding carboxylic acids is 1. The van der Waals surface area contributed by atoms with Crippen LogP contribution in [0.5, 0.6) is 5.75 Å². The second kappa shape index (κ2) is 5.63. The molecule has 0 spiro atoms. The third-order valence-electron chi connectivity index (χ3n) is 3.22. The molecule has 1 amide bonds. The number of amides is 1. The largest absolute Gasteiger partial charge is 0.492 e. The number of nitrogens with one attached hydrogen (secondary N) is 1. The second-order valence-corrected chi connectivity index (χ2v) is 5.58. The molecule has 102 valence electrons. The third-order valence-corrected chi connectivity index (χ3v) is 3.72. The van der Waals surface area contributed by atoms with Gasteiger partial charge in [0.2, 0.25) is 5.91 Å². The first-order chi connectivity index (χ1) is 9.72. The van der Waals surface area contributed by atoms with Gasteiger partial charge in [-0.05, 0) is 30.2 Å². The number of hydrogen-bond donors (Lipinski definition) is 1. The lowest BCUT2D eigenvalue weighted by atomic mass is 9.96. The molecule has 3 rings (SSSR count). The maximum absolute atomic E-state index is 12.2. The summed E-state index contributed by atoms with van der Waals surface area (Å²) in [5.74, 6) is 1.16. The average molecular weight is 333 g/mol. The fraction of sp³-hybridized carbons (Fsp3) is 0.200. The Morgan fingerprint density at radius 1 is 1.35 bits per heavy atom. The van der Waals surface area contributed by atoms with Crippen molar-refractivity contribution in [3.8, 4) is 5.75 Å². The summed E-state index contributed by atoms with van der Waals surface area (Å²) in [5.41, 5.74) is 1.07. The Bertz CT molecular complexity index is 645. The van der Waals surface area contributed by atoms with Crippen LogP contribution in [0.15, 0.2) is 47.1 Å². The van der Waals surface area contributed by atoms with Gasteiger partial charge in [-0.3, -0.25) is 4.79 Å². The number of benzene rings is 1. The van der Waals surface area contributed by atoms with E-state index in [4.69, 9.17) is 4.74 Å². The van der Waals surface area contributed by atoms with Crippen molar-refractivity contribution >= 4 is 27.7 Å². The molecule has 1 aliphatic rings. The van der Waals surface area contributed by atoms with Crippen molar-refractivity contribution in [2.45, 2.75) is 6.42 Å². The van der Waals surface area contributed by atoms with E-state index in [1.54, 1.807) is 12.3 Å². The van der Waals surface area contributed by atoms with E-state index in [0.717, 1.165) is 15.8 Å². The molecule has 1 N–H and O–H groups in total. The molecule has 20 heavy (non-hydrogen) atoms. The Morgan fingerprint density at radius 3 is 3.05 bits per heavy atom.